The molecule has 1 atom stereocenters. The third-order valence-electron chi connectivity index (χ3n) is 3.18. The largest absolute Gasteiger partial charge is 0.360 e. The van der Waals surface area contributed by atoms with Crippen LogP contribution in [-0.4, -0.2) is 32.2 Å². The summed E-state index contributed by atoms with van der Waals surface area (Å²) in [6.45, 7) is 4.21. The Kier molecular flexibility index (Phi) is 3.70. The van der Waals surface area contributed by atoms with E-state index in [0.29, 0.717) is 11.6 Å². The number of nitrogens with zero attached hydrogens (tertiary/aromatic N) is 4. The number of H-pyrrole nitrogens is 1. The Morgan fingerprint density at radius 3 is 2.90 bits per heavy atom. The van der Waals surface area contributed by atoms with Gasteiger partial charge < -0.3 is 10.6 Å². The van der Waals surface area contributed by atoms with Crippen LogP contribution in [0.5, 0.6) is 0 Å². The second-order valence-electron chi connectivity index (χ2n) is 4.66. The second kappa shape index (κ2) is 5.65. The minimum Gasteiger partial charge on any atom is -0.360 e. The topological polar surface area (TPSA) is 91.4 Å². The molecule has 110 valence electrons. The van der Waals surface area contributed by atoms with Crippen molar-refractivity contribution in [1.82, 2.24) is 25.1 Å². The van der Waals surface area contributed by atoms with Gasteiger partial charge in [-0.3, -0.25) is 5.10 Å². The van der Waals surface area contributed by atoms with E-state index in [0.717, 1.165) is 22.6 Å². The maximum Gasteiger partial charge on any atom is 0.226 e. The van der Waals surface area contributed by atoms with Crippen molar-refractivity contribution in [3.8, 4) is 0 Å². The molecule has 0 aliphatic carbocycles. The SMILES string of the molecule is CCc1cnc(C(C)Nc2nc(NC)nc3[nH]ncc23)s1. The fourth-order valence-corrected chi connectivity index (χ4v) is 2.87. The van der Waals surface area contributed by atoms with E-state index in [-0.39, 0.29) is 6.04 Å². The highest BCUT2D eigenvalue weighted by molar-refractivity contribution is 7.11. The lowest BCUT2D eigenvalue weighted by Crippen LogP contribution is -2.09. The quantitative estimate of drug-likeness (QED) is 0.671. The fraction of sp³-hybridized carbons (Fsp3) is 0.385. The third kappa shape index (κ3) is 2.66. The van der Waals surface area contributed by atoms with Crippen molar-refractivity contribution in [2.45, 2.75) is 26.3 Å². The Balaban J connectivity index is 1.91. The minimum atomic E-state index is 0.0769. The summed E-state index contributed by atoms with van der Waals surface area (Å²) >= 11 is 1.72. The molecule has 1 unspecified atom stereocenters. The molecule has 3 aromatic rings. The summed E-state index contributed by atoms with van der Waals surface area (Å²) < 4.78 is 0. The van der Waals surface area contributed by atoms with Crippen molar-refractivity contribution in [3.05, 3.63) is 22.3 Å². The number of hydrogen-bond donors (Lipinski definition) is 3. The van der Waals surface area contributed by atoms with E-state index in [4.69, 9.17) is 0 Å². The monoisotopic (exact) mass is 303 g/mol. The highest BCUT2D eigenvalue weighted by Crippen LogP contribution is 2.27. The number of hydrogen-bond acceptors (Lipinski definition) is 7. The molecule has 21 heavy (non-hydrogen) atoms. The molecule has 0 bridgehead atoms. The highest BCUT2D eigenvalue weighted by atomic mass is 32.1. The van der Waals surface area contributed by atoms with Gasteiger partial charge in [-0.05, 0) is 13.3 Å². The summed E-state index contributed by atoms with van der Waals surface area (Å²) in [6.07, 6.45) is 4.67. The van der Waals surface area contributed by atoms with Crippen LogP contribution in [0.2, 0.25) is 0 Å². The molecule has 7 nitrogen and oxygen atoms in total. The van der Waals surface area contributed by atoms with Gasteiger partial charge in [0.1, 0.15) is 10.8 Å². The van der Waals surface area contributed by atoms with Crippen molar-refractivity contribution in [3.63, 3.8) is 0 Å². The maximum absolute atomic E-state index is 4.47. The van der Waals surface area contributed by atoms with E-state index < -0.39 is 0 Å². The van der Waals surface area contributed by atoms with E-state index in [9.17, 15) is 0 Å². The predicted octanol–water partition coefficient (Wildman–Crippen LogP) is 2.59. The van der Waals surface area contributed by atoms with E-state index in [2.05, 4.69) is 49.6 Å². The zero-order valence-electron chi connectivity index (χ0n) is 12.1. The van der Waals surface area contributed by atoms with Gasteiger partial charge in [0, 0.05) is 18.1 Å². The summed E-state index contributed by atoms with van der Waals surface area (Å²) in [6, 6.07) is 0.0769. The average molecular weight is 303 g/mol. The van der Waals surface area contributed by atoms with E-state index in [1.165, 1.54) is 4.88 Å². The van der Waals surface area contributed by atoms with Crippen LogP contribution >= 0.6 is 11.3 Å². The molecule has 0 saturated heterocycles. The first-order valence-corrected chi connectivity index (χ1v) is 7.63. The molecule has 3 heterocycles. The Morgan fingerprint density at radius 1 is 1.33 bits per heavy atom. The van der Waals surface area contributed by atoms with Crippen molar-refractivity contribution < 1.29 is 0 Å². The molecule has 0 aliphatic heterocycles. The van der Waals surface area contributed by atoms with Gasteiger partial charge in [0.25, 0.3) is 0 Å². The predicted molar refractivity (Wildman–Crippen MR) is 84.8 cm³/mol. The van der Waals surface area contributed by atoms with Crippen LogP contribution in [0, 0.1) is 0 Å². The fourth-order valence-electron chi connectivity index (χ4n) is 2.01. The summed E-state index contributed by atoms with van der Waals surface area (Å²) in [5.74, 6) is 1.30. The lowest BCUT2D eigenvalue weighted by atomic mass is 10.3. The first-order valence-electron chi connectivity index (χ1n) is 6.81. The molecule has 0 aromatic carbocycles. The smallest absolute Gasteiger partial charge is 0.226 e. The maximum atomic E-state index is 4.47. The number of aromatic nitrogens is 5. The van der Waals surface area contributed by atoms with Crippen LogP contribution in [0.15, 0.2) is 12.4 Å². The van der Waals surface area contributed by atoms with Gasteiger partial charge in [-0.25, -0.2) is 4.98 Å². The first kappa shape index (κ1) is 13.7. The number of fused-ring (bicyclic) bond motifs is 1. The Labute approximate surface area is 126 Å². The number of rotatable bonds is 5. The van der Waals surface area contributed by atoms with Crippen LogP contribution in [0.4, 0.5) is 11.8 Å². The van der Waals surface area contributed by atoms with Gasteiger partial charge in [-0.2, -0.15) is 15.1 Å². The second-order valence-corrected chi connectivity index (χ2v) is 5.81. The molecule has 3 aromatic heterocycles. The number of anilines is 2. The van der Waals surface area contributed by atoms with Crippen molar-refractivity contribution >= 4 is 34.1 Å². The Bertz CT molecular complexity index is 748. The van der Waals surface area contributed by atoms with Crippen LogP contribution in [0.25, 0.3) is 11.0 Å². The summed E-state index contributed by atoms with van der Waals surface area (Å²) in [7, 11) is 1.79. The van der Waals surface area contributed by atoms with Crippen LogP contribution in [0.3, 0.4) is 0 Å². The molecule has 0 saturated carbocycles. The molecule has 3 rings (SSSR count). The summed E-state index contributed by atoms with van der Waals surface area (Å²) in [4.78, 5) is 14.5. The summed E-state index contributed by atoms with van der Waals surface area (Å²) in [5, 5.41) is 15.2. The molecule has 0 amide bonds. The van der Waals surface area contributed by atoms with Crippen molar-refractivity contribution in [1.29, 1.82) is 0 Å². The standard InChI is InChI=1S/C13H17N7S/c1-4-8-5-15-12(21-8)7(2)17-10-9-6-16-20-11(9)19-13(14-3)18-10/h5-7H,4H2,1-3H3,(H3,14,16,17,18,19,20). The van der Waals surface area contributed by atoms with E-state index in [1.54, 1.807) is 24.6 Å². The molecule has 0 fully saturated rings. The molecular formula is C13H17N7S. The van der Waals surface area contributed by atoms with Gasteiger partial charge in [-0.1, -0.05) is 6.92 Å². The van der Waals surface area contributed by atoms with E-state index >= 15 is 0 Å². The average Bonchev–Trinajstić information content (AvgIpc) is 3.15. The first-order chi connectivity index (χ1) is 10.2. The van der Waals surface area contributed by atoms with Crippen LogP contribution in [-0.2, 0) is 6.42 Å². The lowest BCUT2D eigenvalue weighted by Gasteiger charge is -2.13. The molecule has 0 spiro atoms. The zero-order chi connectivity index (χ0) is 14.8. The third-order valence-corrected chi connectivity index (χ3v) is 4.50. The summed E-state index contributed by atoms with van der Waals surface area (Å²) in [5.41, 5.74) is 0.706. The van der Waals surface area contributed by atoms with Gasteiger partial charge in [0.2, 0.25) is 5.95 Å². The normalized spacial score (nSPS) is 12.5. The highest BCUT2D eigenvalue weighted by Gasteiger charge is 2.14. The molecule has 0 aliphatic rings. The van der Waals surface area contributed by atoms with E-state index in [1.807, 2.05) is 6.20 Å². The minimum absolute atomic E-state index is 0.0769. The van der Waals surface area contributed by atoms with Crippen molar-refractivity contribution in [2.24, 2.45) is 0 Å². The van der Waals surface area contributed by atoms with Gasteiger partial charge in [-0.15, -0.1) is 11.3 Å². The van der Waals surface area contributed by atoms with Crippen LogP contribution in [0.1, 0.15) is 29.8 Å². The number of aryl methyl sites for hydroxylation is 1. The number of nitrogens with one attached hydrogen (secondary N) is 3. The lowest BCUT2D eigenvalue weighted by molar-refractivity contribution is 0.862. The zero-order valence-corrected chi connectivity index (χ0v) is 13.0. The van der Waals surface area contributed by atoms with Gasteiger partial charge in [0.05, 0.1) is 17.6 Å². The van der Waals surface area contributed by atoms with Crippen LogP contribution < -0.4 is 10.6 Å². The molecular weight excluding hydrogens is 286 g/mol. The Morgan fingerprint density at radius 2 is 2.19 bits per heavy atom. The molecule has 3 N–H and O–H groups in total. The molecule has 0 radical (unpaired) electrons. The number of thiazole rings is 1. The Hall–Kier alpha value is -2.22. The van der Waals surface area contributed by atoms with Gasteiger partial charge in [0.15, 0.2) is 5.65 Å². The molecule has 8 heteroatoms. The van der Waals surface area contributed by atoms with Gasteiger partial charge >= 0.3 is 0 Å². The van der Waals surface area contributed by atoms with Crippen molar-refractivity contribution in [2.75, 3.05) is 17.7 Å². The number of aromatic amines is 1.